The predicted molar refractivity (Wildman–Crippen MR) is 65.3 cm³/mol. The molecule has 88 valence electrons. The third-order valence-corrected chi connectivity index (χ3v) is 4.57. The van der Waals surface area contributed by atoms with Gasteiger partial charge in [0.05, 0.1) is 0 Å². The number of hydrogen-bond donors (Lipinski definition) is 0. The fraction of sp³-hybridized carbons (Fsp3) is 0.900. The molecule has 1 saturated heterocycles. The van der Waals surface area contributed by atoms with Crippen LogP contribution in [-0.2, 0) is 14.3 Å². The van der Waals surface area contributed by atoms with Crippen molar-refractivity contribution in [2.45, 2.75) is 38.0 Å². The molecule has 0 N–H and O–H groups in total. The lowest BCUT2D eigenvalue weighted by molar-refractivity contribution is -0.175. The molecule has 3 nitrogen and oxygen atoms in total. The molecular formula is C10H16Br2O3. The van der Waals surface area contributed by atoms with Crippen LogP contribution in [0.2, 0.25) is 0 Å². The van der Waals surface area contributed by atoms with Crippen LogP contribution in [0.5, 0.6) is 0 Å². The Balaban J connectivity index is 2.75. The first-order chi connectivity index (χ1) is 6.97. The molecule has 0 aromatic rings. The smallest absolute Gasteiger partial charge is 0.303 e. The summed E-state index contributed by atoms with van der Waals surface area (Å²) in [5.41, 5.74) is 0. The van der Waals surface area contributed by atoms with Crippen molar-refractivity contribution in [1.82, 2.24) is 0 Å². The average Bonchev–Trinajstić information content (AvgIpc) is 2.18. The summed E-state index contributed by atoms with van der Waals surface area (Å²) in [4.78, 5) is 11.0. The van der Waals surface area contributed by atoms with Gasteiger partial charge >= 0.3 is 5.97 Å². The zero-order valence-electron chi connectivity index (χ0n) is 9.07. The highest BCUT2D eigenvalue weighted by Crippen LogP contribution is 2.35. The molecule has 0 aromatic carbocycles. The molecule has 1 aliphatic heterocycles. The maximum absolute atomic E-state index is 11.0. The quantitative estimate of drug-likeness (QED) is 0.571. The van der Waals surface area contributed by atoms with Gasteiger partial charge in [0, 0.05) is 18.2 Å². The van der Waals surface area contributed by atoms with E-state index in [0.29, 0.717) is 11.2 Å². The van der Waals surface area contributed by atoms with Gasteiger partial charge in [-0.15, -0.1) is 0 Å². The summed E-state index contributed by atoms with van der Waals surface area (Å²) >= 11 is 6.86. The van der Waals surface area contributed by atoms with Crippen molar-refractivity contribution >= 4 is 37.8 Å². The molecule has 0 spiro atoms. The number of esters is 1. The second-order valence-corrected chi connectivity index (χ2v) is 5.52. The molecule has 1 unspecified atom stereocenters. The molecule has 0 saturated carbocycles. The standard InChI is InChI=1S/C10H16Br2O3/c1-5-6(2)10(12)15-8(4-11)9(5)14-7(3)13/h5-6,8-10H,4H2,1-3H3/t5-,6-,8-,9+,10?/m1/s1. The maximum atomic E-state index is 11.0. The summed E-state index contributed by atoms with van der Waals surface area (Å²) in [7, 11) is 0. The van der Waals surface area contributed by atoms with Gasteiger partial charge in [0.2, 0.25) is 0 Å². The van der Waals surface area contributed by atoms with E-state index in [1.54, 1.807) is 0 Å². The van der Waals surface area contributed by atoms with Crippen molar-refractivity contribution in [3.05, 3.63) is 0 Å². The van der Waals surface area contributed by atoms with Gasteiger partial charge in [-0.25, -0.2) is 0 Å². The number of halogens is 2. The summed E-state index contributed by atoms with van der Waals surface area (Å²) in [6, 6.07) is 0. The first-order valence-corrected chi connectivity index (χ1v) is 7.03. The highest BCUT2D eigenvalue weighted by Gasteiger charge is 2.41. The minimum Gasteiger partial charge on any atom is -0.459 e. The highest BCUT2D eigenvalue weighted by atomic mass is 79.9. The second kappa shape index (κ2) is 5.64. The Labute approximate surface area is 107 Å². The van der Waals surface area contributed by atoms with Gasteiger partial charge in [-0.2, -0.15) is 0 Å². The van der Waals surface area contributed by atoms with E-state index < -0.39 is 0 Å². The Kier molecular flexibility index (Phi) is 5.06. The normalized spacial score (nSPS) is 41.3. The lowest BCUT2D eigenvalue weighted by Gasteiger charge is -2.41. The maximum Gasteiger partial charge on any atom is 0.303 e. The number of carbonyl (C=O) groups excluding carboxylic acids is 1. The summed E-state index contributed by atoms with van der Waals surface area (Å²) in [5, 5.41) is 0.700. The third kappa shape index (κ3) is 3.17. The van der Waals surface area contributed by atoms with Crippen LogP contribution in [0.1, 0.15) is 20.8 Å². The molecule has 15 heavy (non-hydrogen) atoms. The number of rotatable bonds is 2. The van der Waals surface area contributed by atoms with Gasteiger partial charge < -0.3 is 9.47 Å². The van der Waals surface area contributed by atoms with Crippen LogP contribution >= 0.6 is 31.9 Å². The Morgan fingerprint density at radius 1 is 1.40 bits per heavy atom. The number of carbonyl (C=O) groups is 1. The number of hydrogen-bond acceptors (Lipinski definition) is 3. The van der Waals surface area contributed by atoms with Crippen molar-refractivity contribution in [3.63, 3.8) is 0 Å². The molecule has 1 fully saturated rings. The average molecular weight is 344 g/mol. The first kappa shape index (κ1) is 13.5. The van der Waals surface area contributed by atoms with E-state index in [1.807, 2.05) is 0 Å². The minimum atomic E-state index is -0.248. The summed E-state index contributed by atoms with van der Waals surface area (Å²) < 4.78 is 11.0. The van der Waals surface area contributed by atoms with E-state index in [1.165, 1.54) is 6.92 Å². The molecule has 0 bridgehead atoms. The Morgan fingerprint density at radius 3 is 2.47 bits per heavy atom. The van der Waals surface area contributed by atoms with Crippen LogP contribution in [0.4, 0.5) is 0 Å². The van der Waals surface area contributed by atoms with E-state index in [0.717, 1.165) is 0 Å². The van der Waals surface area contributed by atoms with Gasteiger partial charge in [0.25, 0.3) is 0 Å². The van der Waals surface area contributed by atoms with Crippen molar-refractivity contribution in [1.29, 1.82) is 0 Å². The molecular weight excluding hydrogens is 328 g/mol. The highest BCUT2D eigenvalue weighted by molar-refractivity contribution is 9.09. The first-order valence-electron chi connectivity index (χ1n) is 5.00. The molecule has 1 rings (SSSR count). The van der Waals surface area contributed by atoms with Crippen LogP contribution in [0, 0.1) is 11.8 Å². The lowest BCUT2D eigenvalue weighted by atomic mass is 9.86. The van der Waals surface area contributed by atoms with Crippen LogP contribution in [-0.4, -0.2) is 28.5 Å². The number of ether oxygens (including phenoxy) is 2. The van der Waals surface area contributed by atoms with Crippen LogP contribution < -0.4 is 0 Å². The largest absolute Gasteiger partial charge is 0.459 e. The SMILES string of the molecule is CC(=O)O[C@H]1[C@H](C)[C@@H](C)C(Br)O[C@@H]1CBr. The van der Waals surface area contributed by atoms with Crippen LogP contribution in [0.25, 0.3) is 0 Å². The lowest BCUT2D eigenvalue weighted by Crippen LogP contribution is -2.49. The molecule has 5 heteroatoms. The van der Waals surface area contributed by atoms with Crippen LogP contribution in [0.15, 0.2) is 0 Å². The second-order valence-electron chi connectivity index (χ2n) is 3.97. The molecule has 0 radical (unpaired) electrons. The van der Waals surface area contributed by atoms with Crippen LogP contribution in [0.3, 0.4) is 0 Å². The molecule has 5 atom stereocenters. The van der Waals surface area contributed by atoms with E-state index in [9.17, 15) is 4.79 Å². The Bertz CT molecular complexity index is 233. The van der Waals surface area contributed by atoms with Crippen molar-refractivity contribution in [2.75, 3.05) is 5.33 Å². The van der Waals surface area contributed by atoms with E-state index >= 15 is 0 Å². The van der Waals surface area contributed by atoms with E-state index in [4.69, 9.17) is 9.47 Å². The minimum absolute atomic E-state index is 0.0295. The van der Waals surface area contributed by atoms with Crippen molar-refractivity contribution in [2.24, 2.45) is 11.8 Å². The fourth-order valence-electron chi connectivity index (χ4n) is 1.74. The monoisotopic (exact) mass is 342 g/mol. The molecule has 1 aliphatic rings. The van der Waals surface area contributed by atoms with Crippen molar-refractivity contribution < 1.29 is 14.3 Å². The summed E-state index contributed by atoms with van der Waals surface area (Å²) in [6.07, 6.45) is -0.241. The van der Waals surface area contributed by atoms with Gasteiger partial charge in [0.15, 0.2) is 0 Å². The Hall–Kier alpha value is 0.390. The molecule has 1 heterocycles. The summed E-state index contributed by atoms with van der Waals surface area (Å²) in [6.45, 7) is 5.61. The number of alkyl halides is 2. The van der Waals surface area contributed by atoms with Gasteiger partial charge in [-0.3, -0.25) is 4.79 Å². The van der Waals surface area contributed by atoms with Crippen molar-refractivity contribution in [3.8, 4) is 0 Å². The third-order valence-electron chi connectivity index (χ3n) is 2.89. The molecule has 0 aliphatic carbocycles. The molecule has 0 amide bonds. The topological polar surface area (TPSA) is 35.5 Å². The molecule has 0 aromatic heterocycles. The van der Waals surface area contributed by atoms with Gasteiger partial charge in [0.1, 0.15) is 17.2 Å². The zero-order chi connectivity index (χ0) is 11.6. The van der Waals surface area contributed by atoms with E-state index in [-0.39, 0.29) is 29.1 Å². The fourth-order valence-corrected chi connectivity index (χ4v) is 3.02. The van der Waals surface area contributed by atoms with Gasteiger partial charge in [-0.1, -0.05) is 45.7 Å². The predicted octanol–water partition coefficient (Wildman–Crippen LogP) is 2.71. The van der Waals surface area contributed by atoms with E-state index in [2.05, 4.69) is 45.7 Å². The summed E-state index contributed by atoms with van der Waals surface area (Å²) in [5.74, 6) is 0.362. The zero-order valence-corrected chi connectivity index (χ0v) is 12.2. The van der Waals surface area contributed by atoms with Gasteiger partial charge in [-0.05, 0) is 5.92 Å². The Morgan fingerprint density at radius 2 is 2.00 bits per heavy atom.